The Bertz CT molecular complexity index is 412. The number of nitrogens with one attached hydrogen (secondary N) is 1. The summed E-state index contributed by atoms with van der Waals surface area (Å²) in [6.07, 6.45) is 1.11. The van der Waals surface area contributed by atoms with Crippen LogP contribution < -0.4 is 10.5 Å². The third kappa shape index (κ3) is 4.56. The second kappa shape index (κ2) is 6.57. The van der Waals surface area contributed by atoms with Gasteiger partial charge in [0.25, 0.3) is 0 Å². The molecule has 0 aliphatic carbocycles. The molecule has 0 atom stereocenters. The summed E-state index contributed by atoms with van der Waals surface area (Å²) >= 11 is 0. The number of ether oxygens (including phenoxy) is 1. The minimum atomic E-state index is 0.0796. The Balaban J connectivity index is 2.43. The highest BCUT2D eigenvalue weighted by Gasteiger charge is 2.20. The third-order valence-corrected chi connectivity index (χ3v) is 3.76. The van der Waals surface area contributed by atoms with Crippen molar-refractivity contribution in [1.29, 1.82) is 5.41 Å². The zero-order valence-corrected chi connectivity index (χ0v) is 12.4. The molecule has 0 bridgehead atoms. The van der Waals surface area contributed by atoms with Gasteiger partial charge in [0.1, 0.15) is 18.2 Å². The van der Waals surface area contributed by atoms with Crippen molar-refractivity contribution in [3.05, 3.63) is 29.8 Å². The van der Waals surface area contributed by atoms with Crippen molar-refractivity contribution in [2.75, 3.05) is 20.2 Å². The molecule has 0 radical (unpaired) electrons. The average molecular weight is 263 g/mol. The van der Waals surface area contributed by atoms with Crippen molar-refractivity contribution >= 4 is 5.84 Å². The van der Waals surface area contributed by atoms with Crippen molar-refractivity contribution in [2.24, 2.45) is 5.73 Å². The fourth-order valence-electron chi connectivity index (χ4n) is 1.60. The number of hydrogen-bond donors (Lipinski definition) is 2. The lowest BCUT2D eigenvalue weighted by Crippen LogP contribution is -2.42. The summed E-state index contributed by atoms with van der Waals surface area (Å²) in [7, 11) is 2.12. The number of nitrogens with zero attached hydrogens (tertiary/aromatic N) is 1. The Hall–Kier alpha value is -1.55. The van der Waals surface area contributed by atoms with Gasteiger partial charge >= 0.3 is 0 Å². The normalized spacial score (nSPS) is 11.6. The van der Waals surface area contributed by atoms with Gasteiger partial charge in [0, 0.05) is 17.6 Å². The Morgan fingerprint density at radius 3 is 2.37 bits per heavy atom. The second-order valence-electron chi connectivity index (χ2n) is 5.37. The maximum atomic E-state index is 7.32. The second-order valence-corrected chi connectivity index (χ2v) is 5.37. The lowest BCUT2D eigenvalue weighted by molar-refractivity contribution is 0.125. The lowest BCUT2D eigenvalue weighted by atomic mass is 10.0. The largest absolute Gasteiger partial charge is 0.492 e. The van der Waals surface area contributed by atoms with E-state index in [0.29, 0.717) is 6.61 Å². The van der Waals surface area contributed by atoms with Crippen LogP contribution >= 0.6 is 0 Å². The van der Waals surface area contributed by atoms with E-state index >= 15 is 0 Å². The van der Waals surface area contributed by atoms with Gasteiger partial charge in [-0.1, -0.05) is 6.92 Å². The van der Waals surface area contributed by atoms with Crippen molar-refractivity contribution in [2.45, 2.75) is 32.7 Å². The first-order chi connectivity index (χ1) is 8.86. The standard InChI is InChI=1S/C15H25N3O/c1-5-15(2,3)18(4)10-11-19-13-8-6-12(7-9-13)14(16)17/h6-9H,5,10-11H2,1-4H3,(H3,16,17). The summed E-state index contributed by atoms with van der Waals surface area (Å²) in [5.74, 6) is 0.892. The zero-order chi connectivity index (χ0) is 14.5. The monoisotopic (exact) mass is 263 g/mol. The molecule has 0 heterocycles. The number of nitrogen functional groups attached to an aromatic ring is 1. The van der Waals surface area contributed by atoms with Crippen LogP contribution in [0.1, 0.15) is 32.8 Å². The Morgan fingerprint density at radius 1 is 1.32 bits per heavy atom. The molecule has 19 heavy (non-hydrogen) atoms. The van der Waals surface area contributed by atoms with Crippen LogP contribution in [0.5, 0.6) is 5.75 Å². The fourth-order valence-corrected chi connectivity index (χ4v) is 1.60. The minimum absolute atomic E-state index is 0.0796. The summed E-state index contributed by atoms with van der Waals surface area (Å²) < 4.78 is 5.70. The molecule has 0 aliphatic rings. The maximum Gasteiger partial charge on any atom is 0.122 e. The van der Waals surface area contributed by atoms with E-state index in [9.17, 15) is 0 Å². The van der Waals surface area contributed by atoms with E-state index < -0.39 is 0 Å². The fraction of sp³-hybridized carbons (Fsp3) is 0.533. The van der Waals surface area contributed by atoms with Gasteiger partial charge in [-0.3, -0.25) is 10.3 Å². The molecule has 0 saturated carbocycles. The molecule has 4 heteroatoms. The van der Waals surface area contributed by atoms with Crippen molar-refractivity contribution in [3.63, 3.8) is 0 Å². The number of benzene rings is 1. The molecular weight excluding hydrogens is 238 g/mol. The Morgan fingerprint density at radius 2 is 1.89 bits per heavy atom. The molecule has 106 valence electrons. The molecule has 0 aromatic heterocycles. The molecule has 4 nitrogen and oxygen atoms in total. The van der Waals surface area contributed by atoms with Crippen LogP contribution in [0, 0.1) is 5.41 Å². The van der Waals surface area contributed by atoms with Crippen LogP contribution in [0.2, 0.25) is 0 Å². The number of rotatable bonds is 7. The highest BCUT2D eigenvalue weighted by Crippen LogP contribution is 2.16. The quantitative estimate of drug-likeness (QED) is 0.587. The molecule has 0 unspecified atom stereocenters. The minimum Gasteiger partial charge on any atom is -0.492 e. The van der Waals surface area contributed by atoms with E-state index in [2.05, 4.69) is 32.7 Å². The number of likely N-dealkylation sites (N-methyl/N-ethyl adjacent to an activating group) is 1. The van der Waals surface area contributed by atoms with E-state index in [-0.39, 0.29) is 11.4 Å². The first-order valence-corrected chi connectivity index (χ1v) is 6.65. The first-order valence-electron chi connectivity index (χ1n) is 6.65. The van der Waals surface area contributed by atoms with Gasteiger partial charge < -0.3 is 10.5 Å². The Kier molecular flexibility index (Phi) is 5.36. The van der Waals surface area contributed by atoms with Gasteiger partial charge in [-0.05, 0) is 51.6 Å². The number of nitrogens with two attached hydrogens (primary N) is 1. The Labute approximate surface area is 116 Å². The van der Waals surface area contributed by atoms with Crippen LogP contribution in [0.25, 0.3) is 0 Å². The molecule has 3 N–H and O–H groups in total. The van der Waals surface area contributed by atoms with Crippen LogP contribution in [-0.4, -0.2) is 36.5 Å². The van der Waals surface area contributed by atoms with Crippen LogP contribution in [0.4, 0.5) is 0 Å². The van der Waals surface area contributed by atoms with E-state index in [1.165, 1.54) is 0 Å². The summed E-state index contributed by atoms with van der Waals surface area (Å²) in [5, 5.41) is 7.32. The van der Waals surface area contributed by atoms with E-state index in [4.69, 9.17) is 15.9 Å². The molecule has 0 spiro atoms. The number of hydrogen-bond acceptors (Lipinski definition) is 3. The lowest BCUT2D eigenvalue weighted by Gasteiger charge is -2.34. The topological polar surface area (TPSA) is 62.3 Å². The summed E-state index contributed by atoms with van der Waals surface area (Å²) in [4.78, 5) is 2.30. The third-order valence-electron chi connectivity index (χ3n) is 3.76. The van der Waals surface area contributed by atoms with Gasteiger partial charge in [0.15, 0.2) is 0 Å². The van der Waals surface area contributed by atoms with E-state index in [0.717, 1.165) is 24.3 Å². The molecular formula is C15H25N3O. The zero-order valence-electron chi connectivity index (χ0n) is 12.4. The molecule has 0 aliphatic heterocycles. The van der Waals surface area contributed by atoms with Gasteiger partial charge in [0.2, 0.25) is 0 Å². The molecule has 1 rings (SSSR count). The van der Waals surface area contributed by atoms with Crippen LogP contribution in [0.15, 0.2) is 24.3 Å². The van der Waals surface area contributed by atoms with Crippen LogP contribution in [-0.2, 0) is 0 Å². The van der Waals surface area contributed by atoms with E-state index in [1.54, 1.807) is 12.1 Å². The van der Waals surface area contributed by atoms with Gasteiger partial charge in [-0.25, -0.2) is 0 Å². The summed E-state index contributed by atoms with van der Waals surface area (Å²) in [5.41, 5.74) is 6.32. The molecule has 0 saturated heterocycles. The maximum absolute atomic E-state index is 7.32. The summed E-state index contributed by atoms with van der Waals surface area (Å²) in [6, 6.07) is 7.30. The highest BCUT2D eigenvalue weighted by molar-refractivity contribution is 5.94. The molecule has 0 amide bonds. The first kappa shape index (κ1) is 15.5. The molecule has 0 fully saturated rings. The summed E-state index contributed by atoms with van der Waals surface area (Å²) in [6.45, 7) is 8.19. The number of amidine groups is 1. The van der Waals surface area contributed by atoms with Crippen molar-refractivity contribution in [1.82, 2.24) is 4.90 Å². The van der Waals surface area contributed by atoms with E-state index in [1.807, 2.05) is 12.1 Å². The molecule has 1 aromatic rings. The van der Waals surface area contributed by atoms with Crippen molar-refractivity contribution in [3.8, 4) is 5.75 Å². The van der Waals surface area contributed by atoms with Crippen molar-refractivity contribution < 1.29 is 4.74 Å². The average Bonchev–Trinajstić information content (AvgIpc) is 2.39. The highest BCUT2D eigenvalue weighted by atomic mass is 16.5. The van der Waals surface area contributed by atoms with Gasteiger partial charge in [-0.2, -0.15) is 0 Å². The predicted octanol–water partition coefficient (Wildman–Crippen LogP) is 2.47. The smallest absolute Gasteiger partial charge is 0.122 e. The SMILES string of the molecule is CCC(C)(C)N(C)CCOc1ccc(C(=N)N)cc1. The van der Waals surface area contributed by atoms with Gasteiger partial charge in [0.05, 0.1) is 0 Å². The van der Waals surface area contributed by atoms with Crippen LogP contribution in [0.3, 0.4) is 0 Å². The molecule has 1 aromatic carbocycles. The van der Waals surface area contributed by atoms with Gasteiger partial charge in [-0.15, -0.1) is 0 Å². The predicted molar refractivity (Wildman–Crippen MR) is 80.0 cm³/mol.